The SMILES string of the molecule is C[C@H](NC(=O)c1ccccc1-c1nnn(C(=O)N2CCCC3CCCCC32)c1C#N)c1ccccc1.S. The fourth-order valence-electron chi connectivity index (χ4n) is 5.67. The third-order valence-corrected chi connectivity index (χ3v) is 7.52. The smallest absolute Gasteiger partial charge is 0.345 e. The van der Waals surface area contributed by atoms with Crippen molar-refractivity contribution >= 4 is 25.4 Å². The Morgan fingerprint density at radius 2 is 1.73 bits per heavy atom. The number of nitrogens with zero attached hydrogens (tertiary/aromatic N) is 5. The lowest BCUT2D eigenvalue weighted by Gasteiger charge is -2.43. The number of likely N-dealkylation sites (tertiary alicyclic amines) is 1. The van der Waals surface area contributed by atoms with Gasteiger partial charge in [-0.1, -0.05) is 66.6 Å². The van der Waals surface area contributed by atoms with Crippen molar-refractivity contribution in [2.24, 2.45) is 5.92 Å². The highest BCUT2D eigenvalue weighted by Crippen LogP contribution is 2.36. The van der Waals surface area contributed by atoms with Crippen molar-refractivity contribution in [1.82, 2.24) is 25.2 Å². The van der Waals surface area contributed by atoms with Crippen LogP contribution in [0.3, 0.4) is 0 Å². The Kier molecular flexibility index (Phi) is 8.29. The van der Waals surface area contributed by atoms with Gasteiger partial charge < -0.3 is 10.2 Å². The quantitative estimate of drug-likeness (QED) is 0.523. The number of hydrogen-bond acceptors (Lipinski definition) is 5. The highest BCUT2D eigenvalue weighted by molar-refractivity contribution is 7.59. The van der Waals surface area contributed by atoms with E-state index >= 15 is 0 Å². The van der Waals surface area contributed by atoms with E-state index in [2.05, 4.69) is 21.7 Å². The zero-order valence-corrected chi connectivity index (χ0v) is 21.9. The molecule has 2 fully saturated rings. The summed E-state index contributed by atoms with van der Waals surface area (Å²) in [6, 6.07) is 18.5. The highest BCUT2D eigenvalue weighted by Gasteiger charge is 2.37. The van der Waals surface area contributed by atoms with Crippen LogP contribution >= 0.6 is 13.5 Å². The summed E-state index contributed by atoms with van der Waals surface area (Å²) in [7, 11) is 0. The summed E-state index contributed by atoms with van der Waals surface area (Å²) in [4.78, 5) is 28.7. The molecule has 2 amide bonds. The maximum atomic E-state index is 13.6. The predicted octanol–water partition coefficient (Wildman–Crippen LogP) is 5.04. The summed E-state index contributed by atoms with van der Waals surface area (Å²) in [5.74, 6) is 0.230. The molecule has 1 N–H and O–H groups in total. The molecule has 3 aromatic rings. The van der Waals surface area contributed by atoms with Gasteiger partial charge in [0.15, 0.2) is 5.69 Å². The van der Waals surface area contributed by atoms with Gasteiger partial charge >= 0.3 is 6.03 Å². The predicted molar refractivity (Wildman–Crippen MR) is 145 cm³/mol. The average molecular weight is 517 g/mol. The number of aromatic nitrogens is 3. The number of nitriles is 1. The van der Waals surface area contributed by atoms with Crippen LogP contribution in [0.5, 0.6) is 0 Å². The molecule has 1 saturated heterocycles. The molecule has 1 aliphatic carbocycles. The first kappa shape index (κ1) is 26.4. The van der Waals surface area contributed by atoms with Crippen molar-refractivity contribution < 1.29 is 9.59 Å². The molecular weight excluding hydrogens is 484 g/mol. The number of benzene rings is 2. The van der Waals surface area contributed by atoms with Gasteiger partial charge in [0.2, 0.25) is 0 Å². The third kappa shape index (κ3) is 5.25. The largest absolute Gasteiger partial charge is 0.347 e. The number of carbonyl (C=O) groups excluding carboxylic acids is 2. The van der Waals surface area contributed by atoms with Crippen LogP contribution in [0.2, 0.25) is 0 Å². The fourth-order valence-corrected chi connectivity index (χ4v) is 5.67. The number of piperidine rings is 1. The summed E-state index contributed by atoms with van der Waals surface area (Å²) >= 11 is 0. The Morgan fingerprint density at radius 3 is 2.51 bits per heavy atom. The van der Waals surface area contributed by atoms with Gasteiger partial charge in [0.1, 0.15) is 11.8 Å². The zero-order chi connectivity index (χ0) is 25.1. The normalized spacial score (nSPS) is 19.6. The number of rotatable bonds is 4. The van der Waals surface area contributed by atoms with Gasteiger partial charge in [0.05, 0.1) is 6.04 Å². The minimum absolute atomic E-state index is 0. The maximum Gasteiger partial charge on any atom is 0.347 e. The van der Waals surface area contributed by atoms with Crippen LogP contribution in [0.4, 0.5) is 4.79 Å². The molecule has 1 saturated carbocycles. The van der Waals surface area contributed by atoms with Crippen LogP contribution in [-0.4, -0.2) is 44.4 Å². The monoisotopic (exact) mass is 516 g/mol. The second-order valence-electron chi connectivity index (χ2n) is 9.69. The molecule has 2 unspecified atom stereocenters. The molecule has 0 spiro atoms. The van der Waals surface area contributed by atoms with Gasteiger partial charge in [-0.05, 0) is 50.2 Å². The molecule has 37 heavy (non-hydrogen) atoms. The van der Waals surface area contributed by atoms with Crippen molar-refractivity contribution in [3.8, 4) is 17.3 Å². The van der Waals surface area contributed by atoms with E-state index in [0.29, 0.717) is 23.6 Å². The van der Waals surface area contributed by atoms with Gasteiger partial charge in [-0.2, -0.15) is 23.4 Å². The minimum atomic E-state index is -0.304. The summed E-state index contributed by atoms with van der Waals surface area (Å²) in [6.45, 7) is 2.58. The van der Waals surface area contributed by atoms with Gasteiger partial charge in [0, 0.05) is 23.7 Å². The van der Waals surface area contributed by atoms with Gasteiger partial charge in [-0.25, -0.2) is 4.79 Å². The number of hydrogen-bond donors (Lipinski definition) is 1. The van der Waals surface area contributed by atoms with Gasteiger partial charge in [-0.3, -0.25) is 4.79 Å². The van der Waals surface area contributed by atoms with Crippen molar-refractivity contribution in [2.75, 3.05) is 6.54 Å². The molecule has 3 atom stereocenters. The summed E-state index contributed by atoms with van der Waals surface area (Å²) in [5.41, 5.74) is 2.12. The first-order valence-corrected chi connectivity index (χ1v) is 12.7. The molecule has 0 radical (unpaired) electrons. The fraction of sp³-hybridized carbons (Fsp3) is 0.393. The number of fused-ring (bicyclic) bond motifs is 1. The van der Waals surface area contributed by atoms with Crippen molar-refractivity contribution in [2.45, 2.75) is 57.5 Å². The minimum Gasteiger partial charge on any atom is -0.345 e. The first-order valence-electron chi connectivity index (χ1n) is 12.7. The number of carbonyl (C=O) groups is 2. The second kappa shape index (κ2) is 11.6. The molecule has 8 nitrogen and oxygen atoms in total. The summed E-state index contributed by atoms with van der Waals surface area (Å²) in [6.07, 6.45) is 6.56. The topological polar surface area (TPSA) is 104 Å². The van der Waals surface area contributed by atoms with E-state index in [1.807, 2.05) is 42.2 Å². The van der Waals surface area contributed by atoms with E-state index in [9.17, 15) is 14.9 Å². The van der Waals surface area contributed by atoms with Crippen LogP contribution in [0.25, 0.3) is 11.3 Å². The lowest BCUT2D eigenvalue weighted by molar-refractivity contribution is 0.0831. The molecule has 0 bridgehead atoms. The molecular formula is C28H32N6O2S. The molecule has 1 aromatic heterocycles. The molecule has 192 valence electrons. The first-order chi connectivity index (χ1) is 17.6. The van der Waals surface area contributed by atoms with E-state index in [0.717, 1.165) is 42.3 Å². The molecule has 9 heteroatoms. The Hall–Kier alpha value is -3.64. The van der Waals surface area contributed by atoms with Crippen LogP contribution in [0.15, 0.2) is 54.6 Å². The van der Waals surface area contributed by atoms with E-state index in [1.54, 1.807) is 24.3 Å². The van der Waals surface area contributed by atoms with Crippen molar-refractivity contribution in [1.29, 1.82) is 5.26 Å². The lowest BCUT2D eigenvalue weighted by atomic mass is 9.78. The van der Waals surface area contributed by atoms with Crippen molar-refractivity contribution in [3.05, 3.63) is 71.4 Å². The molecule has 2 aliphatic rings. The van der Waals surface area contributed by atoms with E-state index in [1.165, 1.54) is 6.42 Å². The second-order valence-corrected chi connectivity index (χ2v) is 9.69. The van der Waals surface area contributed by atoms with E-state index < -0.39 is 0 Å². The van der Waals surface area contributed by atoms with Crippen LogP contribution in [-0.2, 0) is 0 Å². The summed E-state index contributed by atoms with van der Waals surface area (Å²) < 4.78 is 1.12. The zero-order valence-electron chi connectivity index (χ0n) is 20.9. The van der Waals surface area contributed by atoms with Crippen LogP contribution < -0.4 is 5.32 Å². The van der Waals surface area contributed by atoms with Crippen molar-refractivity contribution in [3.63, 3.8) is 0 Å². The van der Waals surface area contributed by atoms with E-state index in [-0.39, 0.29) is 48.9 Å². The van der Waals surface area contributed by atoms with Crippen LogP contribution in [0.1, 0.15) is 73.1 Å². The average Bonchev–Trinajstić information content (AvgIpc) is 3.36. The molecule has 5 rings (SSSR count). The highest BCUT2D eigenvalue weighted by atomic mass is 32.1. The lowest BCUT2D eigenvalue weighted by Crippen LogP contribution is -2.51. The molecule has 2 aromatic carbocycles. The summed E-state index contributed by atoms with van der Waals surface area (Å²) in [5, 5.41) is 21.4. The molecule has 1 aliphatic heterocycles. The third-order valence-electron chi connectivity index (χ3n) is 7.52. The number of nitrogens with one attached hydrogen (secondary N) is 1. The maximum absolute atomic E-state index is 13.6. The van der Waals surface area contributed by atoms with Crippen LogP contribution in [0, 0.1) is 17.2 Å². The number of amides is 2. The Morgan fingerprint density at radius 1 is 1.03 bits per heavy atom. The Bertz CT molecular complexity index is 1300. The van der Waals surface area contributed by atoms with Gasteiger partial charge in [-0.15, -0.1) is 5.10 Å². The Balaban J connectivity index is 0.00000320. The molecule has 2 heterocycles. The standard InChI is InChI=1S/C28H30N6O2.H2S/c1-19(20-10-3-2-4-11-20)30-27(35)23-15-7-6-14-22(23)26-25(18-29)34(32-31-26)28(36)33-17-9-13-21-12-5-8-16-24(21)33;/h2-4,6-7,10-11,14-15,19,21,24H,5,8-9,12-13,16-17H2,1H3,(H,30,35);1H2/t19-,21?,24?;/m0./s1. The Labute approximate surface area is 224 Å². The van der Waals surface area contributed by atoms with Gasteiger partial charge in [0.25, 0.3) is 5.91 Å². The van der Waals surface area contributed by atoms with E-state index in [4.69, 9.17) is 0 Å².